The van der Waals surface area contributed by atoms with Gasteiger partial charge in [0.05, 0.1) is 23.9 Å². The molecule has 0 amide bonds. The van der Waals surface area contributed by atoms with Gasteiger partial charge < -0.3 is 14.4 Å². The first kappa shape index (κ1) is 18.5. The standard InChI is InChI=1S/C20H23FN2O3S/c21-17-3-1-2-4-20(17)26-27-16-7-13-10-23(11-14(13)8-16)12-19(25)18-6-5-15(24)9-22-18/h1-6,9,13-14,16,19,24-25H,7-8,10-12H2/t13-,14+,16?,19?. The first-order valence-corrected chi connectivity index (χ1v) is 10.0. The number of likely N-dealkylation sites (tertiary alicyclic amines) is 1. The number of aliphatic hydroxyl groups excluding tert-OH is 1. The third-order valence-electron chi connectivity index (χ3n) is 5.44. The predicted octanol–water partition coefficient (Wildman–Crippen LogP) is 3.40. The Hall–Kier alpha value is -1.83. The lowest BCUT2D eigenvalue weighted by molar-refractivity contribution is 0.118. The molecule has 7 heteroatoms. The third kappa shape index (κ3) is 4.36. The van der Waals surface area contributed by atoms with Gasteiger partial charge in [0.1, 0.15) is 11.9 Å². The maximum atomic E-state index is 13.6. The van der Waals surface area contributed by atoms with Gasteiger partial charge in [-0.25, -0.2) is 4.39 Å². The molecule has 1 saturated heterocycles. The number of aromatic hydroxyl groups is 1. The maximum absolute atomic E-state index is 13.6. The fourth-order valence-corrected chi connectivity index (χ4v) is 5.16. The molecular formula is C20H23FN2O3S. The van der Waals surface area contributed by atoms with Crippen molar-refractivity contribution >= 4 is 12.0 Å². The molecule has 27 heavy (non-hydrogen) atoms. The molecular weight excluding hydrogens is 367 g/mol. The van der Waals surface area contributed by atoms with Gasteiger partial charge >= 0.3 is 0 Å². The number of rotatable bonds is 6. The molecule has 2 aliphatic rings. The van der Waals surface area contributed by atoms with Crippen LogP contribution >= 0.6 is 12.0 Å². The van der Waals surface area contributed by atoms with E-state index in [9.17, 15) is 14.6 Å². The van der Waals surface area contributed by atoms with Gasteiger partial charge in [-0.2, -0.15) is 0 Å². The average molecular weight is 390 g/mol. The molecule has 5 nitrogen and oxygen atoms in total. The van der Waals surface area contributed by atoms with Crippen LogP contribution in [0.2, 0.25) is 0 Å². The van der Waals surface area contributed by atoms with Gasteiger partial charge in [-0.05, 0) is 48.9 Å². The van der Waals surface area contributed by atoms with E-state index >= 15 is 0 Å². The summed E-state index contributed by atoms with van der Waals surface area (Å²) in [6.07, 6.45) is 2.80. The number of fused-ring (bicyclic) bond motifs is 1. The van der Waals surface area contributed by atoms with E-state index in [0.717, 1.165) is 25.9 Å². The van der Waals surface area contributed by atoms with Gasteiger partial charge in [-0.3, -0.25) is 9.88 Å². The molecule has 1 saturated carbocycles. The van der Waals surface area contributed by atoms with Crippen molar-refractivity contribution < 1.29 is 18.8 Å². The highest BCUT2D eigenvalue weighted by Crippen LogP contribution is 2.43. The minimum Gasteiger partial charge on any atom is -0.506 e. The molecule has 1 aromatic heterocycles. The summed E-state index contributed by atoms with van der Waals surface area (Å²) in [4.78, 5) is 6.37. The molecule has 2 heterocycles. The Morgan fingerprint density at radius 1 is 1.19 bits per heavy atom. The van der Waals surface area contributed by atoms with E-state index in [1.54, 1.807) is 30.3 Å². The zero-order valence-corrected chi connectivity index (χ0v) is 15.7. The molecule has 1 aromatic carbocycles. The molecule has 1 aliphatic carbocycles. The lowest BCUT2D eigenvalue weighted by Crippen LogP contribution is -2.28. The lowest BCUT2D eigenvalue weighted by atomic mass is 10.0. The molecule has 0 spiro atoms. The molecule has 0 radical (unpaired) electrons. The second-order valence-corrected chi connectivity index (χ2v) is 8.42. The summed E-state index contributed by atoms with van der Waals surface area (Å²) in [5.74, 6) is 1.25. The number of aromatic nitrogens is 1. The van der Waals surface area contributed by atoms with Crippen LogP contribution in [0.3, 0.4) is 0 Å². The van der Waals surface area contributed by atoms with Crippen LogP contribution < -0.4 is 4.18 Å². The van der Waals surface area contributed by atoms with E-state index in [4.69, 9.17) is 4.18 Å². The van der Waals surface area contributed by atoms with Crippen molar-refractivity contribution in [3.8, 4) is 11.5 Å². The number of hydrogen-bond acceptors (Lipinski definition) is 6. The summed E-state index contributed by atoms with van der Waals surface area (Å²) < 4.78 is 19.2. The largest absolute Gasteiger partial charge is 0.506 e. The fourth-order valence-electron chi connectivity index (χ4n) is 4.13. The number of hydrogen-bond donors (Lipinski definition) is 2. The molecule has 4 atom stereocenters. The summed E-state index contributed by atoms with van der Waals surface area (Å²) >= 11 is 1.38. The SMILES string of the molecule is Oc1ccc(C(O)CN2C[C@H]3CC(SOc4ccccc4F)C[C@H]3C2)nc1. The minimum absolute atomic E-state index is 0.0998. The van der Waals surface area contributed by atoms with Crippen molar-refractivity contribution in [1.82, 2.24) is 9.88 Å². The van der Waals surface area contributed by atoms with E-state index in [2.05, 4.69) is 9.88 Å². The van der Waals surface area contributed by atoms with Crippen LogP contribution in [0.1, 0.15) is 24.6 Å². The van der Waals surface area contributed by atoms with Crippen LogP contribution in [0, 0.1) is 17.7 Å². The van der Waals surface area contributed by atoms with Gasteiger partial charge in [-0.1, -0.05) is 12.1 Å². The monoisotopic (exact) mass is 390 g/mol. The molecule has 1 aliphatic heterocycles. The Balaban J connectivity index is 1.24. The molecule has 144 valence electrons. The van der Waals surface area contributed by atoms with E-state index < -0.39 is 6.10 Å². The smallest absolute Gasteiger partial charge is 0.172 e. The topological polar surface area (TPSA) is 65.8 Å². The number of benzene rings is 1. The zero-order chi connectivity index (χ0) is 18.8. The highest BCUT2D eigenvalue weighted by atomic mass is 32.2. The highest BCUT2D eigenvalue weighted by molar-refractivity contribution is 7.95. The molecule has 2 N–H and O–H groups in total. The van der Waals surface area contributed by atoms with Crippen LogP contribution in [0.25, 0.3) is 0 Å². The van der Waals surface area contributed by atoms with E-state index in [-0.39, 0.29) is 11.6 Å². The van der Waals surface area contributed by atoms with Gasteiger partial charge in [-0.15, -0.1) is 0 Å². The fraction of sp³-hybridized carbons (Fsp3) is 0.450. The van der Waals surface area contributed by atoms with Gasteiger partial charge in [0.2, 0.25) is 0 Å². The summed E-state index contributed by atoms with van der Waals surface area (Å²) in [6.45, 7) is 2.46. The van der Waals surface area contributed by atoms with Crippen molar-refractivity contribution in [2.24, 2.45) is 11.8 Å². The van der Waals surface area contributed by atoms with Crippen LogP contribution in [-0.4, -0.2) is 45.0 Å². The Kier molecular flexibility index (Phi) is 5.52. The van der Waals surface area contributed by atoms with Crippen LogP contribution in [0.5, 0.6) is 11.5 Å². The number of para-hydroxylation sites is 1. The summed E-state index contributed by atoms with van der Waals surface area (Å²) in [7, 11) is 0. The van der Waals surface area contributed by atoms with Crippen molar-refractivity contribution in [3.05, 3.63) is 54.1 Å². The second kappa shape index (κ2) is 8.04. The van der Waals surface area contributed by atoms with Crippen LogP contribution in [0.4, 0.5) is 4.39 Å². The number of β-amino-alcohol motifs (C(OH)–C–C–N with tert-alkyl or cyclic N) is 1. The normalized spacial score (nSPS) is 26.1. The first-order valence-electron chi connectivity index (χ1n) is 9.21. The van der Waals surface area contributed by atoms with E-state index in [0.29, 0.717) is 35.1 Å². The van der Waals surface area contributed by atoms with E-state index in [1.165, 1.54) is 24.3 Å². The van der Waals surface area contributed by atoms with E-state index in [1.807, 2.05) is 0 Å². The maximum Gasteiger partial charge on any atom is 0.172 e. The average Bonchev–Trinajstić information content (AvgIpc) is 3.19. The third-order valence-corrected chi connectivity index (χ3v) is 6.37. The Labute approximate surface area is 162 Å². The molecule has 0 bridgehead atoms. The van der Waals surface area contributed by atoms with Crippen molar-refractivity contribution in [1.29, 1.82) is 0 Å². The van der Waals surface area contributed by atoms with Crippen molar-refractivity contribution in [3.63, 3.8) is 0 Å². The Bertz CT molecular complexity index is 762. The molecule has 2 fully saturated rings. The number of halogens is 1. The summed E-state index contributed by atoms with van der Waals surface area (Å²) in [5.41, 5.74) is 0.580. The van der Waals surface area contributed by atoms with Crippen molar-refractivity contribution in [2.45, 2.75) is 24.2 Å². The molecule has 4 rings (SSSR count). The number of nitrogens with zero attached hydrogens (tertiary/aromatic N) is 2. The van der Waals surface area contributed by atoms with Gasteiger partial charge in [0, 0.05) is 24.9 Å². The molecule has 2 unspecified atom stereocenters. The van der Waals surface area contributed by atoms with Crippen LogP contribution in [0.15, 0.2) is 42.6 Å². The quantitative estimate of drug-likeness (QED) is 0.737. The highest BCUT2D eigenvalue weighted by Gasteiger charge is 2.42. The Morgan fingerprint density at radius 2 is 1.93 bits per heavy atom. The Morgan fingerprint density at radius 3 is 2.59 bits per heavy atom. The van der Waals surface area contributed by atoms with Gasteiger partial charge in [0.15, 0.2) is 11.6 Å². The predicted molar refractivity (Wildman–Crippen MR) is 102 cm³/mol. The van der Waals surface area contributed by atoms with Crippen LogP contribution in [-0.2, 0) is 0 Å². The van der Waals surface area contributed by atoms with Gasteiger partial charge in [0.25, 0.3) is 0 Å². The lowest BCUT2D eigenvalue weighted by Gasteiger charge is -2.21. The summed E-state index contributed by atoms with van der Waals surface area (Å²) in [6, 6.07) is 9.69. The number of pyridine rings is 1. The van der Waals surface area contributed by atoms with Crippen molar-refractivity contribution in [2.75, 3.05) is 19.6 Å². The number of aliphatic hydroxyl groups is 1. The molecule has 2 aromatic rings. The summed E-state index contributed by atoms with van der Waals surface area (Å²) in [5, 5.41) is 20.1. The zero-order valence-electron chi connectivity index (χ0n) is 14.9. The second-order valence-electron chi connectivity index (χ2n) is 7.40. The minimum atomic E-state index is -0.654. The first-order chi connectivity index (χ1) is 13.1.